The minimum atomic E-state index is -0.167. The summed E-state index contributed by atoms with van der Waals surface area (Å²) in [6, 6.07) is 19.5. The fourth-order valence-corrected chi connectivity index (χ4v) is 5.88. The molecule has 0 atom stereocenters. The van der Waals surface area contributed by atoms with Gasteiger partial charge in [0.05, 0.1) is 34.5 Å². The molecule has 1 fully saturated rings. The highest BCUT2D eigenvalue weighted by Crippen LogP contribution is 2.31. The number of carbonyl (C=O) groups excluding carboxylic acids is 2. The molecule has 208 valence electrons. The molecule has 0 aliphatic carbocycles. The van der Waals surface area contributed by atoms with E-state index in [-0.39, 0.29) is 17.8 Å². The van der Waals surface area contributed by atoms with Crippen LogP contribution in [0.3, 0.4) is 0 Å². The van der Waals surface area contributed by atoms with Crippen LogP contribution in [0.25, 0.3) is 11.4 Å². The lowest BCUT2D eigenvalue weighted by Gasteiger charge is -2.31. The number of para-hydroxylation sites is 1. The van der Waals surface area contributed by atoms with Crippen molar-refractivity contribution < 1.29 is 19.1 Å². The van der Waals surface area contributed by atoms with Crippen molar-refractivity contribution in [2.75, 3.05) is 19.7 Å². The number of halogens is 1. The van der Waals surface area contributed by atoms with E-state index in [1.165, 1.54) is 11.3 Å². The van der Waals surface area contributed by atoms with Crippen molar-refractivity contribution in [2.45, 2.75) is 39.8 Å². The standard InChI is InChI=1S/C31H32ClN3O4S/c1-3-38-31(37)23-13-15-34(16-14-23)30(36)24-17-27(35(21(24)2)18-22-9-5-4-6-10-22)26-20-40-29(33-26)19-39-28-12-8-7-11-25(28)32/h4-12,17,20,23H,3,13-16,18-19H2,1-2H3. The first-order chi connectivity index (χ1) is 19.4. The van der Waals surface area contributed by atoms with Crippen LogP contribution in [0.4, 0.5) is 0 Å². The van der Waals surface area contributed by atoms with Gasteiger partial charge in [0.15, 0.2) is 0 Å². The number of piperidine rings is 1. The first-order valence-electron chi connectivity index (χ1n) is 13.5. The first kappa shape index (κ1) is 27.9. The average Bonchev–Trinajstić information content (AvgIpc) is 3.57. The Bertz CT molecular complexity index is 1470. The maximum absolute atomic E-state index is 13.7. The number of likely N-dealkylation sites (tertiary alicyclic amines) is 1. The van der Waals surface area contributed by atoms with E-state index in [4.69, 9.17) is 26.1 Å². The van der Waals surface area contributed by atoms with Crippen LogP contribution in [0.15, 0.2) is 66.0 Å². The number of ether oxygens (including phenoxy) is 2. The van der Waals surface area contributed by atoms with Gasteiger partial charge in [-0.15, -0.1) is 11.3 Å². The van der Waals surface area contributed by atoms with Gasteiger partial charge in [0, 0.05) is 30.7 Å². The van der Waals surface area contributed by atoms with Crippen LogP contribution in [0.1, 0.15) is 46.4 Å². The summed E-state index contributed by atoms with van der Waals surface area (Å²) >= 11 is 7.75. The summed E-state index contributed by atoms with van der Waals surface area (Å²) in [6.45, 7) is 6.14. The molecular formula is C31H32ClN3O4S. The first-order valence-corrected chi connectivity index (χ1v) is 14.7. The second-order valence-electron chi connectivity index (χ2n) is 9.76. The zero-order valence-electron chi connectivity index (χ0n) is 22.6. The number of hydrogen-bond donors (Lipinski definition) is 0. The van der Waals surface area contributed by atoms with Gasteiger partial charge >= 0.3 is 5.97 Å². The molecule has 0 bridgehead atoms. The van der Waals surface area contributed by atoms with E-state index in [1.807, 2.05) is 66.6 Å². The van der Waals surface area contributed by atoms with E-state index < -0.39 is 0 Å². The number of hydrogen-bond acceptors (Lipinski definition) is 6. The number of amides is 1. The van der Waals surface area contributed by atoms with Gasteiger partial charge < -0.3 is 18.9 Å². The van der Waals surface area contributed by atoms with Crippen molar-refractivity contribution in [3.8, 4) is 17.1 Å². The summed E-state index contributed by atoms with van der Waals surface area (Å²) in [7, 11) is 0. The lowest BCUT2D eigenvalue weighted by atomic mass is 9.96. The summed E-state index contributed by atoms with van der Waals surface area (Å²) in [5.41, 5.74) is 4.35. The van der Waals surface area contributed by atoms with Crippen LogP contribution >= 0.6 is 22.9 Å². The zero-order valence-corrected chi connectivity index (χ0v) is 24.2. The second kappa shape index (κ2) is 12.7. The Labute approximate surface area is 243 Å². The second-order valence-corrected chi connectivity index (χ2v) is 11.1. The molecule has 3 heterocycles. The van der Waals surface area contributed by atoms with Crippen LogP contribution in [0, 0.1) is 12.8 Å². The summed E-state index contributed by atoms with van der Waals surface area (Å²) < 4.78 is 13.2. The highest BCUT2D eigenvalue weighted by atomic mass is 35.5. The Morgan fingerprint density at radius 1 is 1.07 bits per heavy atom. The maximum Gasteiger partial charge on any atom is 0.309 e. The highest BCUT2D eigenvalue weighted by molar-refractivity contribution is 7.09. The topological polar surface area (TPSA) is 73.7 Å². The molecule has 1 aliphatic rings. The number of rotatable bonds is 9. The lowest BCUT2D eigenvalue weighted by Crippen LogP contribution is -2.40. The van der Waals surface area contributed by atoms with Gasteiger partial charge in [-0.05, 0) is 50.5 Å². The van der Waals surface area contributed by atoms with Crippen molar-refractivity contribution >= 4 is 34.8 Å². The molecule has 40 heavy (non-hydrogen) atoms. The van der Waals surface area contributed by atoms with Crippen LogP contribution in [0.5, 0.6) is 5.75 Å². The Kier molecular flexibility index (Phi) is 8.87. The minimum Gasteiger partial charge on any atom is -0.485 e. The third-order valence-electron chi connectivity index (χ3n) is 7.18. The van der Waals surface area contributed by atoms with Gasteiger partial charge in [-0.2, -0.15) is 0 Å². The Morgan fingerprint density at radius 3 is 2.52 bits per heavy atom. The van der Waals surface area contributed by atoms with Crippen molar-refractivity contribution in [3.05, 3.63) is 92.9 Å². The van der Waals surface area contributed by atoms with Crippen LogP contribution in [0.2, 0.25) is 5.02 Å². The van der Waals surface area contributed by atoms with Crippen molar-refractivity contribution in [3.63, 3.8) is 0 Å². The number of esters is 1. The molecule has 0 radical (unpaired) electrons. The molecule has 2 aromatic carbocycles. The van der Waals surface area contributed by atoms with Gasteiger partial charge in [0.2, 0.25) is 0 Å². The fraction of sp³-hybridized carbons (Fsp3) is 0.323. The molecule has 9 heteroatoms. The number of benzene rings is 2. The van der Waals surface area contributed by atoms with Gasteiger partial charge in [0.1, 0.15) is 17.4 Å². The molecule has 0 unspecified atom stereocenters. The van der Waals surface area contributed by atoms with Crippen molar-refractivity contribution in [1.82, 2.24) is 14.5 Å². The van der Waals surface area contributed by atoms with Crippen molar-refractivity contribution in [2.24, 2.45) is 5.92 Å². The molecule has 5 rings (SSSR count). The summed E-state index contributed by atoms with van der Waals surface area (Å²) in [5, 5.41) is 3.37. The van der Waals surface area contributed by atoms with E-state index in [0.29, 0.717) is 62.0 Å². The fourth-order valence-electron chi connectivity index (χ4n) is 4.99. The van der Waals surface area contributed by atoms with Crippen molar-refractivity contribution in [1.29, 1.82) is 0 Å². The van der Waals surface area contributed by atoms with E-state index in [1.54, 1.807) is 6.07 Å². The summed E-state index contributed by atoms with van der Waals surface area (Å²) in [4.78, 5) is 32.6. The smallest absolute Gasteiger partial charge is 0.309 e. The summed E-state index contributed by atoms with van der Waals surface area (Å²) in [6.07, 6.45) is 1.23. The number of nitrogens with zero attached hydrogens (tertiary/aromatic N) is 3. The SMILES string of the molecule is CCOC(=O)C1CCN(C(=O)c2cc(-c3csc(COc4ccccc4Cl)n3)n(Cc3ccccc3)c2C)CC1. The van der Waals surface area contributed by atoms with Crippen LogP contribution < -0.4 is 4.74 Å². The van der Waals surface area contributed by atoms with Crippen LogP contribution in [-0.2, 0) is 22.7 Å². The Hall–Kier alpha value is -3.62. The Balaban J connectivity index is 1.39. The molecule has 7 nitrogen and oxygen atoms in total. The van der Waals surface area contributed by atoms with Gasteiger partial charge in [-0.25, -0.2) is 4.98 Å². The highest BCUT2D eigenvalue weighted by Gasteiger charge is 2.30. The predicted octanol–water partition coefficient (Wildman–Crippen LogP) is 6.62. The van der Waals surface area contributed by atoms with E-state index in [0.717, 1.165) is 27.7 Å². The van der Waals surface area contributed by atoms with Gasteiger partial charge in [-0.1, -0.05) is 54.1 Å². The number of carbonyl (C=O) groups is 2. The van der Waals surface area contributed by atoms with E-state index >= 15 is 0 Å². The number of aromatic nitrogens is 2. The predicted molar refractivity (Wildman–Crippen MR) is 157 cm³/mol. The van der Waals surface area contributed by atoms with Crippen LogP contribution in [-0.4, -0.2) is 46.0 Å². The maximum atomic E-state index is 13.7. The Morgan fingerprint density at radius 2 is 1.80 bits per heavy atom. The third kappa shape index (κ3) is 6.24. The monoisotopic (exact) mass is 577 g/mol. The molecule has 4 aromatic rings. The zero-order chi connectivity index (χ0) is 28.1. The molecular weight excluding hydrogens is 546 g/mol. The molecule has 1 saturated heterocycles. The van der Waals surface area contributed by atoms with Gasteiger partial charge in [0.25, 0.3) is 5.91 Å². The molecule has 1 amide bonds. The largest absolute Gasteiger partial charge is 0.485 e. The summed E-state index contributed by atoms with van der Waals surface area (Å²) in [5.74, 6) is 0.277. The number of thiazole rings is 1. The molecule has 0 saturated carbocycles. The van der Waals surface area contributed by atoms with E-state index in [9.17, 15) is 9.59 Å². The van der Waals surface area contributed by atoms with Gasteiger partial charge in [-0.3, -0.25) is 9.59 Å². The quantitative estimate of drug-likeness (QED) is 0.209. The normalized spacial score (nSPS) is 13.8. The molecule has 0 N–H and O–H groups in total. The molecule has 2 aromatic heterocycles. The minimum absolute atomic E-state index is 0.0228. The molecule has 0 spiro atoms. The third-order valence-corrected chi connectivity index (χ3v) is 8.32. The van der Waals surface area contributed by atoms with E-state index in [2.05, 4.69) is 16.7 Å². The molecule has 1 aliphatic heterocycles. The average molecular weight is 578 g/mol. The lowest BCUT2D eigenvalue weighted by molar-refractivity contribution is -0.149.